The molecule has 0 unspecified atom stereocenters. The van der Waals surface area contributed by atoms with Gasteiger partial charge < -0.3 is 15.5 Å². The largest absolute Gasteiger partial charge is 0.363 e. The molecule has 2 N–H and O–H groups in total. The summed E-state index contributed by atoms with van der Waals surface area (Å²) in [7, 11) is 0. The molecule has 28 heavy (non-hydrogen) atoms. The zero-order valence-electron chi connectivity index (χ0n) is 15.9. The van der Waals surface area contributed by atoms with Crippen LogP contribution in [-0.4, -0.2) is 51.8 Å². The average Bonchev–Trinajstić information content (AvgIpc) is 2.69. The Balaban J connectivity index is 1.74. The van der Waals surface area contributed by atoms with Crippen LogP contribution in [-0.2, 0) is 0 Å². The van der Waals surface area contributed by atoms with E-state index in [1.807, 2.05) is 0 Å². The van der Waals surface area contributed by atoms with Gasteiger partial charge in [0.2, 0.25) is 11.6 Å². The molecule has 1 aliphatic rings. The van der Waals surface area contributed by atoms with Crippen LogP contribution in [0.5, 0.6) is 0 Å². The summed E-state index contributed by atoms with van der Waals surface area (Å²) in [5.74, 6) is 0.185. The third-order valence-electron chi connectivity index (χ3n) is 4.71. The maximum Gasteiger partial charge on any atom is 0.353 e. The molecule has 1 aliphatic heterocycles. The smallest absolute Gasteiger partial charge is 0.353 e. The van der Waals surface area contributed by atoms with E-state index in [-0.39, 0.29) is 23.1 Å². The number of nitro groups is 1. The normalized spacial score (nSPS) is 14.5. The van der Waals surface area contributed by atoms with E-state index in [2.05, 4.69) is 25.5 Å². The molecule has 0 spiro atoms. The molecular weight excluding hydrogens is 360 g/mol. The van der Waals surface area contributed by atoms with Gasteiger partial charge in [-0.25, -0.2) is 9.97 Å². The first-order chi connectivity index (χ1) is 13.5. The minimum Gasteiger partial charge on any atom is -0.363 e. The van der Waals surface area contributed by atoms with E-state index in [1.54, 1.807) is 24.3 Å². The van der Waals surface area contributed by atoms with E-state index >= 15 is 0 Å². The minimum absolute atomic E-state index is 0.0825. The highest BCUT2D eigenvalue weighted by Gasteiger charge is 2.23. The number of likely N-dealkylation sites (tertiary alicyclic amines) is 1. The summed E-state index contributed by atoms with van der Waals surface area (Å²) >= 11 is 0. The molecule has 1 aromatic carbocycles. The van der Waals surface area contributed by atoms with Crippen molar-refractivity contribution in [3.05, 3.63) is 46.3 Å². The number of aromatic nitrogens is 2. The molecule has 3 rings (SSSR count). The molecule has 0 saturated carbocycles. The fourth-order valence-electron chi connectivity index (χ4n) is 3.24. The number of benzene rings is 1. The number of hydrogen-bond acceptors (Lipinski definition) is 8. The lowest BCUT2D eigenvalue weighted by molar-refractivity contribution is -0.383. The van der Waals surface area contributed by atoms with Crippen molar-refractivity contribution in [2.24, 2.45) is 0 Å². The Morgan fingerprint density at radius 3 is 2.68 bits per heavy atom. The highest BCUT2D eigenvalue weighted by Crippen LogP contribution is 2.31. The summed E-state index contributed by atoms with van der Waals surface area (Å²) in [5.41, 5.74) is 0.852. The van der Waals surface area contributed by atoms with E-state index in [9.17, 15) is 14.9 Å². The van der Waals surface area contributed by atoms with Crippen LogP contribution < -0.4 is 10.6 Å². The zero-order chi connectivity index (χ0) is 19.9. The summed E-state index contributed by atoms with van der Waals surface area (Å²) < 4.78 is 0. The van der Waals surface area contributed by atoms with Crippen LogP contribution in [0.4, 0.5) is 23.0 Å². The number of anilines is 3. The Morgan fingerprint density at radius 1 is 1.21 bits per heavy atom. The SMILES string of the molecule is CC(=O)c1cccc(Nc2ncnc(NCCN3CCCCC3)c2[N+](=O)[O-])c1. The lowest BCUT2D eigenvalue weighted by Crippen LogP contribution is -2.33. The lowest BCUT2D eigenvalue weighted by Gasteiger charge is -2.26. The number of carbonyl (C=O) groups is 1. The maximum atomic E-state index is 11.7. The predicted octanol–water partition coefficient (Wildman–Crippen LogP) is 3.23. The second-order valence-electron chi connectivity index (χ2n) is 6.77. The van der Waals surface area contributed by atoms with Gasteiger partial charge in [0.25, 0.3) is 0 Å². The van der Waals surface area contributed by atoms with E-state index in [4.69, 9.17) is 0 Å². The van der Waals surface area contributed by atoms with E-state index in [1.165, 1.54) is 32.5 Å². The van der Waals surface area contributed by atoms with Crippen LogP contribution >= 0.6 is 0 Å². The monoisotopic (exact) mass is 384 g/mol. The van der Waals surface area contributed by atoms with E-state index < -0.39 is 4.92 Å². The molecule has 148 valence electrons. The molecule has 2 aromatic rings. The topological polar surface area (TPSA) is 113 Å². The van der Waals surface area contributed by atoms with Gasteiger partial charge in [-0.2, -0.15) is 0 Å². The molecule has 0 bridgehead atoms. The Hall–Kier alpha value is -3.07. The number of nitrogens with zero attached hydrogens (tertiary/aromatic N) is 4. The number of nitrogens with one attached hydrogen (secondary N) is 2. The number of Topliss-reactive ketones (excluding diaryl/α,β-unsaturated/α-hetero) is 1. The second-order valence-corrected chi connectivity index (χ2v) is 6.77. The lowest BCUT2D eigenvalue weighted by atomic mass is 10.1. The third-order valence-corrected chi connectivity index (χ3v) is 4.71. The van der Waals surface area contributed by atoms with E-state index in [0.29, 0.717) is 17.8 Å². The van der Waals surface area contributed by atoms with Crippen molar-refractivity contribution in [2.75, 3.05) is 36.8 Å². The van der Waals surface area contributed by atoms with Crippen molar-refractivity contribution in [3.8, 4) is 0 Å². The number of hydrogen-bond donors (Lipinski definition) is 2. The summed E-state index contributed by atoms with van der Waals surface area (Å²) in [5, 5.41) is 17.7. The van der Waals surface area contributed by atoms with E-state index in [0.717, 1.165) is 19.6 Å². The molecule has 0 radical (unpaired) electrons. The van der Waals surface area contributed by atoms with Crippen LogP contribution in [0.2, 0.25) is 0 Å². The molecule has 9 heteroatoms. The first kappa shape index (κ1) is 19.7. The fourth-order valence-corrected chi connectivity index (χ4v) is 3.24. The summed E-state index contributed by atoms with van der Waals surface area (Å²) in [6.07, 6.45) is 4.94. The number of rotatable bonds is 8. The van der Waals surface area contributed by atoms with Gasteiger partial charge in [0, 0.05) is 24.3 Å². The van der Waals surface area contributed by atoms with Gasteiger partial charge in [0.1, 0.15) is 6.33 Å². The Morgan fingerprint density at radius 2 is 1.96 bits per heavy atom. The number of ketones is 1. The quantitative estimate of drug-likeness (QED) is 0.405. The van der Waals surface area contributed by atoms with Crippen LogP contribution in [0, 0.1) is 10.1 Å². The number of carbonyl (C=O) groups excluding carboxylic acids is 1. The highest BCUT2D eigenvalue weighted by molar-refractivity contribution is 5.95. The van der Waals surface area contributed by atoms with Gasteiger partial charge in [-0.05, 0) is 45.0 Å². The van der Waals surface area contributed by atoms with Gasteiger partial charge in [0.15, 0.2) is 5.78 Å². The molecule has 2 heterocycles. The Labute approximate surface area is 163 Å². The first-order valence-corrected chi connectivity index (χ1v) is 9.38. The van der Waals surface area contributed by atoms with Crippen molar-refractivity contribution in [2.45, 2.75) is 26.2 Å². The molecule has 0 aliphatic carbocycles. The van der Waals surface area contributed by atoms with Gasteiger partial charge >= 0.3 is 5.69 Å². The van der Waals surface area contributed by atoms with Gasteiger partial charge in [-0.3, -0.25) is 14.9 Å². The maximum absolute atomic E-state index is 11.7. The van der Waals surface area contributed by atoms with Gasteiger partial charge in [-0.1, -0.05) is 18.6 Å². The van der Waals surface area contributed by atoms with Crippen molar-refractivity contribution >= 4 is 28.8 Å². The van der Waals surface area contributed by atoms with Gasteiger partial charge in [0.05, 0.1) is 4.92 Å². The van der Waals surface area contributed by atoms with Crippen LogP contribution in [0.3, 0.4) is 0 Å². The van der Waals surface area contributed by atoms with Crippen molar-refractivity contribution in [3.63, 3.8) is 0 Å². The predicted molar refractivity (Wildman–Crippen MR) is 107 cm³/mol. The molecule has 9 nitrogen and oxygen atoms in total. The van der Waals surface area contributed by atoms with Crippen molar-refractivity contribution < 1.29 is 9.72 Å². The standard InChI is InChI=1S/C19H24N6O3/c1-14(26)15-6-5-7-16(12-15)23-19-17(25(27)28)18(21-13-22-19)20-8-11-24-9-3-2-4-10-24/h5-7,12-13H,2-4,8-11H2,1H3,(H2,20,21,22,23). The Kier molecular flexibility index (Phi) is 6.49. The van der Waals surface area contributed by atoms with Crippen molar-refractivity contribution in [1.29, 1.82) is 0 Å². The zero-order valence-corrected chi connectivity index (χ0v) is 15.9. The summed E-state index contributed by atoms with van der Waals surface area (Å²) in [6, 6.07) is 6.76. The molecule has 1 saturated heterocycles. The molecule has 0 amide bonds. The van der Waals surface area contributed by atoms with Crippen LogP contribution in [0.1, 0.15) is 36.5 Å². The molecule has 1 aromatic heterocycles. The summed E-state index contributed by atoms with van der Waals surface area (Å²) in [4.78, 5) is 33.1. The second kappa shape index (κ2) is 9.23. The third kappa shape index (κ3) is 5.01. The van der Waals surface area contributed by atoms with Crippen LogP contribution in [0.25, 0.3) is 0 Å². The van der Waals surface area contributed by atoms with Gasteiger partial charge in [-0.15, -0.1) is 0 Å². The highest BCUT2D eigenvalue weighted by atomic mass is 16.6. The fraction of sp³-hybridized carbons (Fsp3) is 0.421. The van der Waals surface area contributed by atoms with Crippen molar-refractivity contribution in [1.82, 2.24) is 14.9 Å². The minimum atomic E-state index is -0.500. The summed E-state index contributed by atoms with van der Waals surface area (Å²) in [6.45, 7) is 4.97. The molecular formula is C19H24N6O3. The number of piperidine rings is 1. The molecule has 1 fully saturated rings. The molecule has 0 atom stereocenters. The average molecular weight is 384 g/mol. The first-order valence-electron chi connectivity index (χ1n) is 9.38. The Bertz CT molecular complexity index is 851. The van der Waals surface area contributed by atoms with Crippen LogP contribution in [0.15, 0.2) is 30.6 Å².